The number of rotatable bonds is 3. The summed E-state index contributed by atoms with van der Waals surface area (Å²) in [5, 5.41) is 9.68. The molecule has 0 atom stereocenters. The number of ether oxygens (including phenoxy) is 1. The van der Waals surface area contributed by atoms with Crippen molar-refractivity contribution in [3.05, 3.63) is 23.8 Å². The normalized spacial score (nSPS) is 10.3. The van der Waals surface area contributed by atoms with Gasteiger partial charge in [0.15, 0.2) is 11.5 Å². The monoisotopic (exact) mass is 223 g/mol. The number of aromatic hydroxyl groups is 1. The van der Waals surface area contributed by atoms with Crippen LogP contribution in [-0.2, 0) is 0 Å². The van der Waals surface area contributed by atoms with Crippen molar-refractivity contribution in [3.63, 3.8) is 0 Å². The number of phenolic OH excluding ortho intramolecular Hbond substituents is 1. The maximum atomic E-state index is 11.6. The van der Waals surface area contributed by atoms with Crippen LogP contribution in [0.15, 0.2) is 18.2 Å². The van der Waals surface area contributed by atoms with Gasteiger partial charge in [-0.15, -0.1) is 0 Å². The third-order valence-electron chi connectivity index (χ3n) is 1.97. The van der Waals surface area contributed by atoms with Gasteiger partial charge < -0.3 is 14.7 Å². The largest absolute Gasteiger partial charge is 0.504 e. The number of phenols is 1. The van der Waals surface area contributed by atoms with Gasteiger partial charge in [-0.3, -0.25) is 4.79 Å². The Kier molecular flexibility index (Phi) is 3.77. The summed E-state index contributed by atoms with van der Waals surface area (Å²) in [4.78, 5) is 13.1. The zero-order valence-electron chi connectivity index (χ0n) is 10.0. The predicted octanol–water partition coefficient (Wildman–Crippen LogP) is 1.88. The van der Waals surface area contributed by atoms with Crippen LogP contribution in [0.3, 0.4) is 0 Å². The Morgan fingerprint density at radius 1 is 1.38 bits per heavy atom. The van der Waals surface area contributed by atoms with E-state index in [1.807, 2.05) is 13.8 Å². The Morgan fingerprint density at radius 2 is 2.00 bits per heavy atom. The maximum Gasteiger partial charge on any atom is 0.253 e. The standard InChI is InChI=1S/C12H17NO3/c1-8(2)16-11-6-5-9(7-10(11)14)12(15)13(3)4/h5-8,14H,1-4H3. The Labute approximate surface area is 95.5 Å². The van der Waals surface area contributed by atoms with E-state index in [4.69, 9.17) is 4.74 Å². The van der Waals surface area contributed by atoms with Crippen LogP contribution in [0.1, 0.15) is 24.2 Å². The number of hydrogen-bond acceptors (Lipinski definition) is 3. The minimum Gasteiger partial charge on any atom is -0.504 e. The first kappa shape index (κ1) is 12.4. The summed E-state index contributed by atoms with van der Waals surface area (Å²) in [6.07, 6.45) is -0.0127. The number of hydrogen-bond donors (Lipinski definition) is 1. The van der Waals surface area contributed by atoms with Crippen molar-refractivity contribution >= 4 is 5.91 Å². The molecule has 0 fully saturated rings. The summed E-state index contributed by atoms with van der Waals surface area (Å²) in [7, 11) is 3.33. The van der Waals surface area contributed by atoms with E-state index in [9.17, 15) is 9.90 Å². The lowest BCUT2D eigenvalue weighted by molar-refractivity contribution is 0.0827. The lowest BCUT2D eigenvalue weighted by Gasteiger charge is -2.14. The van der Waals surface area contributed by atoms with Gasteiger partial charge in [0.1, 0.15) is 0 Å². The van der Waals surface area contributed by atoms with Crippen molar-refractivity contribution in [3.8, 4) is 11.5 Å². The van der Waals surface area contributed by atoms with Gasteiger partial charge in [0.2, 0.25) is 0 Å². The highest BCUT2D eigenvalue weighted by Crippen LogP contribution is 2.27. The molecular formula is C12H17NO3. The van der Waals surface area contributed by atoms with Crippen molar-refractivity contribution in [2.45, 2.75) is 20.0 Å². The molecule has 0 spiro atoms. The van der Waals surface area contributed by atoms with Crippen molar-refractivity contribution in [1.29, 1.82) is 0 Å². The van der Waals surface area contributed by atoms with Gasteiger partial charge in [-0.2, -0.15) is 0 Å². The minimum atomic E-state index is -0.147. The second-order valence-corrected chi connectivity index (χ2v) is 4.05. The highest BCUT2D eigenvalue weighted by molar-refractivity contribution is 5.94. The second-order valence-electron chi connectivity index (χ2n) is 4.05. The molecule has 0 unspecified atom stereocenters. The summed E-state index contributed by atoms with van der Waals surface area (Å²) in [6, 6.07) is 4.66. The van der Waals surface area contributed by atoms with Gasteiger partial charge in [0.25, 0.3) is 5.91 Å². The molecule has 4 nitrogen and oxygen atoms in total. The van der Waals surface area contributed by atoms with Crippen molar-refractivity contribution in [2.24, 2.45) is 0 Å². The first-order valence-corrected chi connectivity index (χ1v) is 5.13. The first-order valence-electron chi connectivity index (χ1n) is 5.13. The highest BCUT2D eigenvalue weighted by Gasteiger charge is 2.11. The molecule has 0 aliphatic carbocycles. The lowest BCUT2D eigenvalue weighted by atomic mass is 10.2. The Morgan fingerprint density at radius 3 is 2.44 bits per heavy atom. The summed E-state index contributed by atoms with van der Waals surface area (Å²) in [5.41, 5.74) is 0.443. The van der Waals surface area contributed by atoms with Crippen LogP contribution in [-0.4, -0.2) is 36.1 Å². The lowest BCUT2D eigenvalue weighted by Crippen LogP contribution is -2.21. The smallest absolute Gasteiger partial charge is 0.253 e. The Hall–Kier alpha value is -1.71. The summed E-state index contributed by atoms with van der Waals surface area (Å²) >= 11 is 0. The molecule has 0 saturated carbocycles. The number of nitrogens with zero attached hydrogens (tertiary/aromatic N) is 1. The van der Waals surface area contributed by atoms with Crippen LogP contribution in [0.25, 0.3) is 0 Å². The van der Waals surface area contributed by atoms with Gasteiger partial charge in [-0.05, 0) is 32.0 Å². The third kappa shape index (κ3) is 2.89. The molecule has 1 rings (SSSR count). The van der Waals surface area contributed by atoms with E-state index in [-0.39, 0.29) is 17.8 Å². The molecule has 88 valence electrons. The van der Waals surface area contributed by atoms with Crippen LogP contribution < -0.4 is 4.74 Å². The molecule has 0 bridgehead atoms. The van der Waals surface area contributed by atoms with Gasteiger partial charge >= 0.3 is 0 Å². The zero-order valence-corrected chi connectivity index (χ0v) is 10.0. The first-order chi connectivity index (χ1) is 7.41. The molecule has 1 amide bonds. The van der Waals surface area contributed by atoms with E-state index in [1.165, 1.54) is 11.0 Å². The number of amides is 1. The average Bonchev–Trinajstić information content (AvgIpc) is 2.19. The van der Waals surface area contributed by atoms with Crippen LogP contribution in [0.5, 0.6) is 11.5 Å². The molecule has 0 radical (unpaired) electrons. The fourth-order valence-electron chi connectivity index (χ4n) is 1.26. The molecule has 16 heavy (non-hydrogen) atoms. The van der Waals surface area contributed by atoms with Crippen LogP contribution in [0.4, 0.5) is 0 Å². The van der Waals surface area contributed by atoms with E-state index >= 15 is 0 Å². The minimum absolute atomic E-state index is 0.0126. The van der Waals surface area contributed by atoms with Crippen molar-refractivity contribution in [1.82, 2.24) is 4.90 Å². The van der Waals surface area contributed by atoms with Gasteiger partial charge in [-0.1, -0.05) is 0 Å². The SMILES string of the molecule is CC(C)Oc1ccc(C(=O)N(C)C)cc1O. The van der Waals surface area contributed by atoms with Crippen molar-refractivity contribution < 1.29 is 14.6 Å². The molecule has 1 N–H and O–H groups in total. The van der Waals surface area contributed by atoms with Crippen LogP contribution in [0, 0.1) is 0 Å². The van der Waals surface area contributed by atoms with E-state index in [0.29, 0.717) is 11.3 Å². The summed E-state index contributed by atoms with van der Waals surface area (Å²) in [5.74, 6) is 0.234. The molecule has 0 aliphatic rings. The molecule has 4 heteroatoms. The average molecular weight is 223 g/mol. The van der Waals surface area contributed by atoms with Crippen LogP contribution in [0.2, 0.25) is 0 Å². The number of benzene rings is 1. The van der Waals surface area contributed by atoms with Crippen LogP contribution >= 0.6 is 0 Å². The summed E-state index contributed by atoms with van der Waals surface area (Å²) in [6.45, 7) is 3.75. The Bertz CT molecular complexity index is 386. The molecule has 1 aromatic rings. The zero-order chi connectivity index (χ0) is 12.3. The van der Waals surface area contributed by atoms with E-state index in [1.54, 1.807) is 26.2 Å². The molecule has 0 heterocycles. The fourth-order valence-corrected chi connectivity index (χ4v) is 1.26. The van der Waals surface area contributed by atoms with E-state index in [0.717, 1.165) is 0 Å². The van der Waals surface area contributed by atoms with Gasteiger partial charge in [0.05, 0.1) is 6.10 Å². The Balaban J connectivity index is 2.95. The van der Waals surface area contributed by atoms with E-state index < -0.39 is 0 Å². The van der Waals surface area contributed by atoms with Gasteiger partial charge in [-0.25, -0.2) is 0 Å². The predicted molar refractivity (Wildman–Crippen MR) is 61.9 cm³/mol. The quantitative estimate of drug-likeness (QED) is 0.851. The maximum absolute atomic E-state index is 11.6. The molecule has 0 aromatic heterocycles. The number of carbonyl (C=O) groups is 1. The molecule has 1 aromatic carbocycles. The molecular weight excluding hydrogens is 206 g/mol. The highest BCUT2D eigenvalue weighted by atomic mass is 16.5. The molecule has 0 saturated heterocycles. The fraction of sp³-hybridized carbons (Fsp3) is 0.417. The summed E-state index contributed by atoms with van der Waals surface area (Å²) < 4.78 is 5.37. The van der Waals surface area contributed by atoms with E-state index in [2.05, 4.69) is 0 Å². The van der Waals surface area contributed by atoms with Crippen molar-refractivity contribution in [2.75, 3.05) is 14.1 Å². The second kappa shape index (κ2) is 4.88. The topological polar surface area (TPSA) is 49.8 Å². The van der Waals surface area contributed by atoms with Gasteiger partial charge in [0, 0.05) is 19.7 Å². The molecule has 0 aliphatic heterocycles. The third-order valence-corrected chi connectivity index (χ3v) is 1.97. The number of carbonyl (C=O) groups excluding carboxylic acids is 1.